The zero-order chi connectivity index (χ0) is 12.3. The third kappa shape index (κ3) is 3.46. The normalized spacial score (nSPS) is 21.6. The van der Waals surface area contributed by atoms with E-state index in [9.17, 15) is 4.79 Å². The van der Waals surface area contributed by atoms with Gasteiger partial charge in [0.15, 0.2) is 0 Å². The van der Waals surface area contributed by atoms with Crippen molar-refractivity contribution < 1.29 is 4.79 Å². The molecular weight excluding hydrogens is 202 g/mol. The fourth-order valence-corrected chi connectivity index (χ4v) is 1.59. The van der Waals surface area contributed by atoms with Crippen molar-refractivity contribution in [2.75, 3.05) is 13.6 Å². The van der Waals surface area contributed by atoms with Crippen LogP contribution in [-0.2, 0) is 4.79 Å². The van der Waals surface area contributed by atoms with Gasteiger partial charge in [0.2, 0.25) is 5.91 Å². The quantitative estimate of drug-likeness (QED) is 0.703. The molecule has 4 nitrogen and oxygen atoms in total. The molecule has 0 heterocycles. The van der Waals surface area contributed by atoms with Gasteiger partial charge < -0.3 is 11.1 Å². The number of nitrogens with one attached hydrogen (secondary N) is 1. The van der Waals surface area contributed by atoms with Crippen molar-refractivity contribution in [1.82, 2.24) is 10.2 Å². The number of carbonyl (C=O) groups is 1. The van der Waals surface area contributed by atoms with Crippen molar-refractivity contribution in [2.45, 2.75) is 57.7 Å². The Hall–Kier alpha value is -0.610. The Balaban J connectivity index is 2.30. The first-order valence-corrected chi connectivity index (χ1v) is 6.17. The smallest absolute Gasteiger partial charge is 0.239 e. The lowest BCUT2D eigenvalue weighted by Crippen LogP contribution is -2.53. The lowest BCUT2D eigenvalue weighted by atomic mass is 9.99. The van der Waals surface area contributed by atoms with E-state index in [0.717, 1.165) is 6.04 Å². The molecule has 1 saturated carbocycles. The highest BCUT2D eigenvalue weighted by molar-refractivity contribution is 5.85. The molecule has 94 valence electrons. The Labute approximate surface area is 98.6 Å². The van der Waals surface area contributed by atoms with Gasteiger partial charge in [-0.1, -0.05) is 6.92 Å². The first-order chi connectivity index (χ1) is 7.38. The summed E-state index contributed by atoms with van der Waals surface area (Å²) < 4.78 is 0. The second-order valence-corrected chi connectivity index (χ2v) is 5.23. The van der Waals surface area contributed by atoms with Crippen molar-refractivity contribution in [3.8, 4) is 0 Å². The van der Waals surface area contributed by atoms with E-state index in [1.54, 1.807) is 6.92 Å². The Morgan fingerprint density at radius 2 is 2.19 bits per heavy atom. The Morgan fingerprint density at radius 1 is 1.62 bits per heavy atom. The van der Waals surface area contributed by atoms with Crippen molar-refractivity contribution in [2.24, 2.45) is 5.73 Å². The molecule has 0 aromatic carbocycles. The molecule has 0 bridgehead atoms. The van der Waals surface area contributed by atoms with Crippen LogP contribution in [0.2, 0.25) is 0 Å². The van der Waals surface area contributed by atoms with Crippen LogP contribution >= 0.6 is 0 Å². The average Bonchev–Trinajstić information content (AvgIpc) is 3.07. The lowest BCUT2D eigenvalue weighted by molar-refractivity contribution is -0.126. The van der Waals surface area contributed by atoms with Crippen LogP contribution in [0.1, 0.15) is 40.0 Å². The topological polar surface area (TPSA) is 58.4 Å². The third-order valence-electron chi connectivity index (χ3n) is 3.63. The minimum Gasteiger partial charge on any atom is -0.353 e. The fraction of sp³-hybridized carbons (Fsp3) is 0.917. The largest absolute Gasteiger partial charge is 0.353 e. The van der Waals surface area contributed by atoms with Gasteiger partial charge in [-0.15, -0.1) is 0 Å². The monoisotopic (exact) mass is 227 g/mol. The van der Waals surface area contributed by atoms with Crippen molar-refractivity contribution >= 4 is 5.91 Å². The molecule has 16 heavy (non-hydrogen) atoms. The molecule has 0 aromatic rings. The van der Waals surface area contributed by atoms with E-state index in [1.807, 2.05) is 6.92 Å². The van der Waals surface area contributed by atoms with Gasteiger partial charge in [-0.2, -0.15) is 0 Å². The van der Waals surface area contributed by atoms with Crippen LogP contribution in [0.5, 0.6) is 0 Å². The number of nitrogens with zero attached hydrogens (tertiary/aromatic N) is 1. The van der Waals surface area contributed by atoms with Crippen molar-refractivity contribution in [3.63, 3.8) is 0 Å². The summed E-state index contributed by atoms with van der Waals surface area (Å²) in [6.07, 6.45) is 3.24. The Bertz CT molecular complexity index is 249. The van der Waals surface area contributed by atoms with Crippen LogP contribution in [0.15, 0.2) is 0 Å². The molecule has 1 rings (SSSR count). The van der Waals surface area contributed by atoms with Crippen LogP contribution in [0.4, 0.5) is 0 Å². The molecule has 0 radical (unpaired) electrons. The maximum Gasteiger partial charge on any atom is 0.239 e. The molecule has 0 spiro atoms. The number of amides is 1. The van der Waals surface area contributed by atoms with Gasteiger partial charge in [0.1, 0.15) is 0 Å². The summed E-state index contributed by atoms with van der Waals surface area (Å²) in [6, 6.07) is 1.10. The number of nitrogens with two attached hydrogens (primary N) is 1. The van der Waals surface area contributed by atoms with Crippen LogP contribution in [0, 0.1) is 0 Å². The Morgan fingerprint density at radius 3 is 2.62 bits per heavy atom. The van der Waals surface area contributed by atoms with Crippen LogP contribution in [0.25, 0.3) is 0 Å². The summed E-state index contributed by atoms with van der Waals surface area (Å²) in [4.78, 5) is 14.1. The first kappa shape index (κ1) is 13.5. The van der Waals surface area contributed by atoms with E-state index in [2.05, 4.69) is 24.2 Å². The molecule has 0 saturated heterocycles. The molecule has 1 aliphatic rings. The first-order valence-electron chi connectivity index (χ1n) is 6.17. The van der Waals surface area contributed by atoms with Gasteiger partial charge in [-0.25, -0.2) is 0 Å². The van der Waals surface area contributed by atoms with E-state index in [1.165, 1.54) is 12.8 Å². The highest BCUT2D eigenvalue weighted by Gasteiger charge is 2.30. The molecule has 3 N–H and O–H groups in total. The highest BCUT2D eigenvalue weighted by Crippen LogP contribution is 2.26. The van der Waals surface area contributed by atoms with E-state index >= 15 is 0 Å². The predicted molar refractivity (Wildman–Crippen MR) is 66.1 cm³/mol. The van der Waals surface area contributed by atoms with Crippen molar-refractivity contribution in [1.29, 1.82) is 0 Å². The summed E-state index contributed by atoms with van der Waals surface area (Å²) in [6.45, 7) is 6.52. The molecule has 1 fully saturated rings. The SMILES string of the molecule is CCC(C)(N)C(=O)NCC(C)N(C)C1CC1. The minimum absolute atomic E-state index is 0.0500. The Kier molecular flexibility index (Phi) is 4.33. The van der Waals surface area contributed by atoms with E-state index in [4.69, 9.17) is 5.73 Å². The third-order valence-corrected chi connectivity index (χ3v) is 3.63. The molecule has 2 unspecified atom stereocenters. The number of rotatable bonds is 6. The number of carbonyl (C=O) groups excluding carboxylic acids is 1. The number of likely N-dealkylation sites (N-methyl/N-ethyl adjacent to an activating group) is 1. The number of hydrogen-bond donors (Lipinski definition) is 2. The predicted octanol–water partition coefficient (Wildman–Crippen LogP) is 0.713. The van der Waals surface area contributed by atoms with Gasteiger partial charge in [-0.05, 0) is 40.2 Å². The zero-order valence-corrected chi connectivity index (χ0v) is 10.9. The summed E-state index contributed by atoms with van der Waals surface area (Å²) in [5.41, 5.74) is 5.13. The molecule has 4 heteroatoms. The standard InChI is InChI=1S/C12H25N3O/c1-5-12(3,13)11(16)14-8-9(2)15(4)10-6-7-10/h9-10H,5-8,13H2,1-4H3,(H,14,16). The summed E-state index contributed by atoms with van der Waals surface area (Å²) in [5.74, 6) is -0.0500. The summed E-state index contributed by atoms with van der Waals surface area (Å²) in [7, 11) is 2.12. The maximum absolute atomic E-state index is 11.8. The molecule has 0 aliphatic heterocycles. The van der Waals surface area contributed by atoms with E-state index in [0.29, 0.717) is 19.0 Å². The molecule has 0 aromatic heterocycles. The van der Waals surface area contributed by atoms with Crippen LogP contribution in [0.3, 0.4) is 0 Å². The van der Waals surface area contributed by atoms with Gasteiger partial charge in [0, 0.05) is 18.6 Å². The zero-order valence-electron chi connectivity index (χ0n) is 10.9. The fourth-order valence-electron chi connectivity index (χ4n) is 1.59. The van der Waals surface area contributed by atoms with Crippen molar-refractivity contribution in [3.05, 3.63) is 0 Å². The van der Waals surface area contributed by atoms with E-state index in [-0.39, 0.29) is 5.91 Å². The summed E-state index contributed by atoms with van der Waals surface area (Å²) >= 11 is 0. The molecular formula is C12H25N3O. The van der Waals surface area contributed by atoms with Crippen LogP contribution < -0.4 is 11.1 Å². The van der Waals surface area contributed by atoms with Crippen LogP contribution in [-0.4, -0.2) is 42.0 Å². The second-order valence-electron chi connectivity index (χ2n) is 5.23. The average molecular weight is 227 g/mol. The summed E-state index contributed by atoms with van der Waals surface area (Å²) in [5, 5.41) is 2.93. The van der Waals surface area contributed by atoms with Gasteiger partial charge >= 0.3 is 0 Å². The minimum atomic E-state index is -0.738. The maximum atomic E-state index is 11.8. The van der Waals surface area contributed by atoms with Gasteiger partial charge in [0.25, 0.3) is 0 Å². The second kappa shape index (κ2) is 5.15. The number of hydrogen-bond acceptors (Lipinski definition) is 3. The van der Waals surface area contributed by atoms with Gasteiger partial charge in [0.05, 0.1) is 5.54 Å². The molecule has 2 atom stereocenters. The van der Waals surface area contributed by atoms with E-state index < -0.39 is 5.54 Å². The highest BCUT2D eigenvalue weighted by atomic mass is 16.2. The molecule has 1 aliphatic carbocycles. The lowest BCUT2D eigenvalue weighted by Gasteiger charge is -2.27. The van der Waals surface area contributed by atoms with Gasteiger partial charge in [-0.3, -0.25) is 9.69 Å². The molecule has 1 amide bonds.